The molecule has 0 saturated carbocycles. The van der Waals surface area contributed by atoms with E-state index in [1.165, 1.54) is 15.9 Å². The Balaban J connectivity index is 1.85. The van der Waals surface area contributed by atoms with Crippen LogP contribution in [0.4, 0.5) is 10.6 Å². The number of carbonyl (C=O) groups is 5. The van der Waals surface area contributed by atoms with E-state index in [9.17, 15) is 29.1 Å². The highest BCUT2D eigenvalue weighted by molar-refractivity contribution is 5.98. The van der Waals surface area contributed by atoms with E-state index in [0.717, 1.165) is 12.8 Å². The van der Waals surface area contributed by atoms with Crippen LogP contribution in [0.2, 0.25) is 0 Å². The van der Waals surface area contributed by atoms with Gasteiger partial charge < -0.3 is 30.3 Å². The van der Waals surface area contributed by atoms with Gasteiger partial charge in [0, 0.05) is 50.1 Å². The molecule has 13 heteroatoms. The fraction of sp³-hybridized carbons (Fsp3) is 0.516. The van der Waals surface area contributed by atoms with Gasteiger partial charge in [-0.2, -0.15) is 0 Å². The van der Waals surface area contributed by atoms with Crippen LogP contribution < -0.4 is 10.6 Å². The molecule has 0 bridgehead atoms. The molecule has 4 amide bonds. The molecule has 1 aromatic carbocycles. The highest BCUT2D eigenvalue weighted by Gasteiger charge is 2.31. The van der Waals surface area contributed by atoms with E-state index in [0.29, 0.717) is 18.4 Å². The fourth-order valence-corrected chi connectivity index (χ4v) is 4.98. The van der Waals surface area contributed by atoms with E-state index in [4.69, 9.17) is 4.74 Å². The average Bonchev–Trinajstić information content (AvgIpc) is 3.02. The average molecular weight is 611 g/mol. The van der Waals surface area contributed by atoms with Crippen LogP contribution in [0.5, 0.6) is 0 Å². The summed E-state index contributed by atoms with van der Waals surface area (Å²) in [5.41, 5.74) is 0.534. The number of rotatable bonds is 14. The van der Waals surface area contributed by atoms with Crippen LogP contribution in [0, 0.1) is 5.92 Å². The van der Waals surface area contributed by atoms with Crippen LogP contribution in [0.3, 0.4) is 0 Å². The minimum Gasteiger partial charge on any atom is -0.481 e. The van der Waals surface area contributed by atoms with Gasteiger partial charge in [-0.25, -0.2) is 14.8 Å². The molecule has 44 heavy (non-hydrogen) atoms. The molecule has 1 atom stereocenters. The number of nitrogens with one attached hydrogen (secondary N) is 2. The van der Waals surface area contributed by atoms with Crippen molar-refractivity contribution in [2.45, 2.75) is 65.3 Å². The van der Waals surface area contributed by atoms with Crippen LogP contribution in [0.15, 0.2) is 36.4 Å². The number of nitrogens with zero attached hydrogens (tertiary/aromatic N) is 4. The number of benzene rings is 1. The van der Waals surface area contributed by atoms with E-state index in [-0.39, 0.29) is 74.8 Å². The lowest BCUT2D eigenvalue weighted by Gasteiger charge is -2.35. The fourth-order valence-electron chi connectivity index (χ4n) is 4.98. The molecule has 1 aromatic heterocycles. The lowest BCUT2D eigenvalue weighted by atomic mass is 9.97. The first-order valence-corrected chi connectivity index (χ1v) is 15.1. The van der Waals surface area contributed by atoms with Crippen molar-refractivity contribution in [3.05, 3.63) is 42.1 Å². The van der Waals surface area contributed by atoms with E-state index in [2.05, 4.69) is 20.6 Å². The molecule has 3 N–H and O–H groups in total. The summed E-state index contributed by atoms with van der Waals surface area (Å²) in [6, 6.07) is 9.16. The highest BCUT2D eigenvalue weighted by Crippen LogP contribution is 2.21. The molecule has 3 rings (SSSR count). The number of hydrogen-bond donors (Lipinski definition) is 3. The van der Waals surface area contributed by atoms with Gasteiger partial charge in [-0.05, 0) is 26.2 Å². The van der Waals surface area contributed by atoms with E-state index < -0.39 is 29.9 Å². The zero-order chi connectivity index (χ0) is 32.1. The summed E-state index contributed by atoms with van der Waals surface area (Å²) in [5, 5.41) is 14.8. The van der Waals surface area contributed by atoms with Gasteiger partial charge in [-0.3, -0.25) is 19.2 Å². The van der Waals surface area contributed by atoms with E-state index in [1.807, 2.05) is 19.9 Å². The van der Waals surface area contributed by atoms with Crippen LogP contribution in [0.25, 0.3) is 11.4 Å². The minimum absolute atomic E-state index is 0.0862. The van der Waals surface area contributed by atoms with Gasteiger partial charge in [0.15, 0.2) is 5.82 Å². The van der Waals surface area contributed by atoms with Crippen molar-refractivity contribution in [3.63, 3.8) is 0 Å². The molecule has 0 radical (unpaired) electrons. The Morgan fingerprint density at radius 2 is 1.55 bits per heavy atom. The first-order chi connectivity index (χ1) is 21.2. The lowest BCUT2D eigenvalue weighted by molar-refractivity contribution is -0.138. The monoisotopic (exact) mass is 610 g/mol. The Bertz CT molecular complexity index is 1290. The molecule has 0 spiro atoms. The number of aromatic nitrogens is 2. The number of hydrogen-bond acceptors (Lipinski definition) is 8. The lowest BCUT2D eigenvalue weighted by Crippen LogP contribution is -2.56. The number of ether oxygens (including phenoxy) is 1. The van der Waals surface area contributed by atoms with Gasteiger partial charge in [-0.15, -0.1) is 0 Å². The minimum atomic E-state index is -1.15. The molecule has 2 heterocycles. The number of piperazine rings is 1. The standard InChI is InChI=1S/C31H42N6O7/c1-4-10-22(11-5-2)28(40)35-25-20-24(32-27(34-25)21-12-8-7-9-13-21)29(41)33-23(14-15-26(38)39)30(42)36-16-18-37(19-17-36)31(43)44-6-3/h7-9,12-13,20,22-23H,4-6,10-11,14-19H2,1-3H3,(H,33,41)(H,38,39)(H,32,34,35,40). The number of carboxylic acids is 1. The summed E-state index contributed by atoms with van der Waals surface area (Å²) in [6.45, 7) is 6.87. The number of anilines is 1. The maximum absolute atomic E-state index is 13.6. The van der Waals surface area contributed by atoms with Crippen LogP contribution in [-0.4, -0.2) is 93.5 Å². The van der Waals surface area contributed by atoms with Gasteiger partial charge in [0.25, 0.3) is 5.91 Å². The maximum Gasteiger partial charge on any atom is 0.409 e. The van der Waals surface area contributed by atoms with Crippen LogP contribution in [0.1, 0.15) is 69.8 Å². The third-order valence-electron chi connectivity index (χ3n) is 7.25. The molecule has 1 fully saturated rings. The van der Waals surface area contributed by atoms with Crippen molar-refractivity contribution in [3.8, 4) is 11.4 Å². The number of carboxylic acid groups (broad SMARTS) is 1. The van der Waals surface area contributed by atoms with Gasteiger partial charge in [0.2, 0.25) is 11.8 Å². The number of carbonyl (C=O) groups excluding carboxylic acids is 4. The summed E-state index contributed by atoms with van der Waals surface area (Å²) < 4.78 is 5.03. The second-order valence-electron chi connectivity index (χ2n) is 10.6. The Hall–Kier alpha value is -4.55. The van der Waals surface area contributed by atoms with Gasteiger partial charge in [-0.1, -0.05) is 57.0 Å². The Morgan fingerprint density at radius 3 is 2.14 bits per heavy atom. The molecule has 1 aliphatic rings. The molecule has 1 aliphatic heterocycles. The van der Waals surface area contributed by atoms with Crippen molar-refractivity contribution >= 4 is 35.6 Å². The van der Waals surface area contributed by atoms with Crippen molar-refractivity contribution < 1.29 is 33.8 Å². The molecule has 238 valence electrons. The zero-order valence-electron chi connectivity index (χ0n) is 25.6. The smallest absolute Gasteiger partial charge is 0.409 e. The first-order valence-electron chi connectivity index (χ1n) is 15.1. The molecule has 1 saturated heterocycles. The van der Waals surface area contributed by atoms with Crippen molar-refractivity contribution in [2.75, 3.05) is 38.1 Å². The molecule has 1 unspecified atom stereocenters. The summed E-state index contributed by atoms with van der Waals surface area (Å²) in [4.78, 5) is 75.5. The number of aliphatic carboxylic acids is 1. The molecule has 0 aliphatic carbocycles. The summed E-state index contributed by atoms with van der Waals surface area (Å²) in [7, 11) is 0. The molecule has 2 aromatic rings. The Labute approximate surface area is 257 Å². The van der Waals surface area contributed by atoms with E-state index in [1.54, 1.807) is 31.2 Å². The molecular formula is C31H42N6O7. The highest BCUT2D eigenvalue weighted by atomic mass is 16.6. The Morgan fingerprint density at radius 1 is 0.909 bits per heavy atom. The Kier molecular flexibility index (Phi) is 13.1. The quantitative estimate of drug-likeness (QED) is 0.289. The van der Waals surface area contributed by atoms with Gasteiger partial charge in [0.1, 0.15) is 17.6 Å². The predicted molar refractivity (Wildman–Crippen MR) is 163 cm³/mol. The topological polar surface area (TPSA) is 171 Å². The maximum atomic E-state index is 13.6. The predicted octanol–water partition coefficient (Wildman–Crippen LogP) is 3.56. The van der Waals surface area contributed by atoms with Crippen molar-refractivity contribution in [1.82, 2.24) is 25.1 Å². The van der Waals surface area contributed by atoms with Gasteiger partial charge in [0.05, 0.1) is 6.61 Å². The van der Waals surface area contributed by atoms with E-state index >= 15 is 0 Å². The molecular weight excluding hydrogens is 568 g/mol. The van der Waals surface area contributed by atoms with Gasteiger partial charge >= 0.3 is 12.1 Å². The normalized spacial score (nSPS) is 13.7. The summed E-state index contributed by atoms with van der Waals surface area (Å²) in [6.07, 6.45) is 2.15. The third kappa shape index (κ3) is 9.75. The van der Waals surface area contributed by atoms with Crippen molar-refractivity contribution in [2.24, 2.45) is 5.92 Å². The second-order valence-corrected chi connectivity index (χ2v) is 10.6. The van der Waals surface area contributed by atoms with Crippen LogP contribution in [-0.2, 0) is 19.1 Å². The second kappa shape index (κ2) is 16.9. The van der Waals surface area contributed by atoms with Crippen molar-refractivity contribution in [1.29, 1.82) is 0 Å². The largest absolute Gasteiger partial charge is 0.481 e. The third-order valence-corrected chi connectivity index (χ3v) is 7.25. The van der Waals surface area contributed by atoms with Crippen LogP contribution >= 0.6 is 0 Å². The zero-order valence-corrected chi connectivity index (χ0v) is 25.6. The SMILES string of the molecule is CCCC(CCC)C(=O)Nc1cc(C(=O)NC(CCC(=O)O)C(=O)N2CCN(C(=O)OCC)CC2)nc(-c2ccccc2)n1. The molecule has 13 nitrogen and oxygen atoms in total. The summed E-state index contributed by atoms with van der Waals surface area (Å²) in [5.74, 6) is -2.34. The number of amides is 4. The summed E-state index contributed by atoms with van der Waals surface area (Å²) >= 11 is 0. The first kappa shape index (κ1) is 33.9.